The first kappa shape index (κ1) is 15.7. The van der Waals surface area contributed by atoms with Crippen molar-refractivity contribution < 1.29 is 23.1 Å². The minimum Gasteiger partial charge on any atom is -0.480 e. The number of aliphatic carboxylic acids is 1. The van der Waals surface area contributed by atoms with Crippen molar-refractivity contribution >= 4 is 27.5 Å². The van der Waals surface area contributed by atoms with Gasteiger partial charge in [0.1, 0.15) is 5.01 Å². The molecule has 8 heteroatoms. The third-order valence-corrected chi connectivity index (χ3v) is 4.14. The molecule has 21 heavy (non-hydrogen) atoms. The molecule has 2 aromatic rings. The Morgan fingerprint density at radius 3 is 2.67 bits per heavy atom. The van der Waals surface area contributed by atoms with Crippen LogP contribution in [0.1, 0.15) is 18.0 Å². The molecule has 0 aliphatic heterocycles. The van der Waals surface area contributed by atoms with Crippen LogP contribution in [0.3, 0.4) is 0 Å². The van der Waals surface area contributed by atoms with Crippen molar-refractivity contribution in [2.24, 2.45) is 0 Å². The number of halogens is 3. The van der Waals surface area contributed by atoms with Crippen LogP contribution < -0.4 is 0 Å². The Morgan fingerprint density at radius 2 is 2.10 bits per heavy atom. The molecule has 114 valence electrons. The fourth-order valence-electron chi connectivity index (χ4n) is 1.96. The maximum Gasteiger partial charge on any atom is 0.401 e. The standard InChI is InChI=1S/C13H13F3N2O2S/c1-8(18(6-11(19)20)7-13(14,15)16)12-17-9-4-2-3-5-10(9)21-12/h2-5,8H,6-7H2,1H3,(H,19,20). The first-order valence-electron chi connectivity index (χ1n) is 6.14. The number of hydrogen-bond acceptors (Lipinski definition) is 4. The molecule has 0 fully saturated rings. The minimum atomic E-state index is -4.46. The third-order valence-electron chi connectivity index (χ3n) is 2.94. The van der Waals surface area contributed by atoms with Crippen LogP contribution in [0.4, 0.5) is 13.2 Å². The lowest BCUT2D eigenvalue weighted by atomic mass is 10.2. The summed E-state index contributed by atoms with van der Waals surface area (Å²) in [5.74, 6) is -1.30. The maximum absolute atomic E-state index is 12.6. The Morgan fingerprint density at radius 1 is 1.43 bits per heavy atom. The number of fused-ring (bicyclic) bond motifs is 1. The second-order valence-electron chi connectivity index (χ2n) is 4.61. The fraction of sp³-hybridized carbons (Fsp3) is 0.385. The highest BCUT2D eigenvalue weighted by Crippen LogP contribution is 2.31. The average molecular weight is 318 g/mol. The van der Waals surface area contributed by atoms with Crippen LogP contribution in [0, 0.1) is 0 Å². The van der Waals surface area contributed by atoms with Crippen LogP contribution in [-0.2, 0) is 4.79 Å². The van der Waals surface area contributed by atoms with Gasteiger partial charge in [-0.05, 0) is 19.1 Å². The summed E-state index contributed by atoms with van der Waals surface area (Å²) < 4.78 is 38.6. The van der Waals surface area contributed by atoms with Gasteiger partial charge in [-0.15, -0.1) is 11.3 Å². The highest BCUT2D eigenvalue weighted by Gasteiger charge is 2.34. The predicted molar refractivity (Wildman–Crippen MR) is 73.3 cm³/mol. The number of carboxylic acids is 1. The highest BCUT2D eigenvalue weighted by molar-refractivity contribution is 7.18. The normalized spacial score (nSPS) is 13.8. The molecule has 0 aliphatic rings. The lowest BCUT2D eigenvalue weighted by Crippen LogP contribution is -2.39. The Labute approximate surface area is 122 Å². The Bertz CT molecular complexity index is 609. The molecule has 0 saturated carbocycles. The number of carboxylic acid groups (broad SMARTS) is 1. The SMILES string of the molecule is CC(c1nc2ccccc2s1)N(CC(=O)O)CC(F)(F)F. The minimum absolute atomic E-state index is 0.474. The van der Waals surface area contributed by atoms with E-state index in [9.17, 15) is 18.0 Å². The summed E-state index contributed by atoms with van der Waals surface area (Å²) in [7, 11) is 0. The summed E-state index contributed by atoms with van der Waals surface area (Å²) in [4.78, 5) is 15.9. The summed E-state index contributed by atoms with van der Waals surface area (Å²) in [6.45, 7) is -0.431. The summed E-state index contributed by atoms with van der Waals surface area (Å²) in [5, 5.41) is 9.26. The molecule has 1 heterocycles. The average Bonchev–Trinajstić information content (AvgIpc) is 2.78. The summed E-state index contributed by atoms with van der Waals surface area (Å²) in [6.07, 6.45) is -4.46. The topological polar surface area (TPSA) is 53.4 Å². The molecular formula is C13H13F3N2O2S. The molecule has 1 aromatic carbocycles. The van der Waals surface area contributed by atoms with Crippen molar-refractivity contribution in [3.63, 3.8) is 0 Å². The van der Waals surface area contributed by atoms with E-state index in [1.807, 2.05) is 12.1 Å². The van der Waals surface area contributed by atoms with Gasteiger partial charge in [-0.3, -0.25) is 9.69 Å². The van der Waals surface area contributed by atoms with Crippen LogP contribution in [0.5, 0.6) is 0 Å². The molecule has 2 rings (SSSR count). The first-order valence-corrected chi connectivity index (χ1v) is 6.96. The maximum atomic E-state index is 12.6. The van der Waals surface area contributed by atoms with E-state index in [1.165, 1.54) is 18.3 Å². The van der Waals surface area contributed by atoms with Gasteiger partial charge in [0.25, 0.3) is 0 Å². The Kier molecular flexibility index (Phi) is 4.48. The van der Waals surface area contributed by atoms with Crippen LogP contribution in [0.25, 0.3) is 10.2 Å². The van der Waals surface area contributed by atoms with Gasteiger partial charge in [-0.2, -0.15) is 13.2 Å². The molecule has 0 spiro atoms. The fourth-order valence-corrected chi connectivity index (χ4v) is 3.01. The lowest BCUT2D eigenvalue weighted by molar-refractivity contribution is -0.157. The number of benzene rings is 1. The summed E-state index contributed by atoms with van der Waals surface area (Å²) >= 11 is 1.27. The number of aromatic nitrogens is 1. The number of rotatable bonds is 5. The lowest BCUT2D eigenvalue weighted by Gasteiger charge is -2.26. The number of para-hydroxylation sites is 1. The molecule has 1 atom stereocenters. The van der Waals surface area contributed by atoms with Gasteiger partial charge in [-0.25, -0.2) is 4.98 Å². The van der Waals surface area contributed by atoms with E-state index in [0.717, 1.165) is 9.60 Å². The van der Waals surface area contributed by atoms with Crippen molar-refractivity contribution in [3.8, 4) is 0 Å². The zero-order chi connectivity index (χ0) is 15.6. The van der Waals surface area contributed by atoms with Crippen LogP contribution >= 0.6 is 11.3 Å². The van der Waals surface area contributed by atoms with Crippen molar-refractivity contribution in [1.82, 2.24) is 9.88 Å². The zero-order valence-electron chi connectivity index (χ0n) is 11.1. The zero-order valence-corrected chi connectivity index (χ0v) is 11.9. The number of carbonyl (C=O) groups is 1. The Balaban J connectivity index is 2.27. The van der Waals surface area contributed by atoms with Crippen molar-refractivity contribution in [2.75, 3.05) is 13.1 Å². The van der Waals surface area contributed by atoms with E-state index in [4.69, 9.17) is 5.11 Å². The van der Waals surface area contributed by atoms with Gasteiger partial charge >= 0.3 is 12.1 Å². The number of nitrogens with zero attached hydrogens (tertiary/aromatic N) is 2. The molecule has 0 aliphatic carbocycles. The van der Waals surface area contributed by atoms with Gasteiger partial charge in [0.2, 0.25) is 0 Å². The second-order valence-corrected chi connectivity index (χ2v) is 5.67. The van der Waals surface area contributed by atoms with E-state index >= 15 is 0 Å². The third kappa shape index (κ3) is 4.15. The van der Waals surface area contributed by atoms with Crippen molar-refractivity contribution in [1.29, 1.82) is 0 Å². The van der Waals surface area contributed by atoms with Gasteiger partial charge in [0.05, 0.1) is 29.3 Å². The van der Waals surface area contributed by atoms with E-state index in [1.54, 1.807) is 12.1 Å². The van der Waals surface area contributed by atoms with Gasteiger partial charge in [0, 0.05) is 0 Å². The van der Waals surface area contributed by atoms with E-state index in [0.29, 0.717) is 10.5 Å². The van der Waals surface area contributed by atoms with E-state index < -0.39 is 31.3 Å². The highest BCUT2D eigenvalue weighted by atomic mass is 32.1. The largest absolute Gasteiger partial charge is 0.480 e. The van der Waals surface area contributed by atoms with Crippen LogP contribution in [0.2, 0.25) is 0 Å². The summed E-state index contributed by atoms with van der Waals surface area (Å²) in [6, 6.07) is 6.49. The number of alkyl halides is 3. The molecule has 0 radical (unpaired) electrons. The molecule has 4 nitrogen and oxygen atoms in total. The van der Waals surface area contributed by atoms with E-state index in [-0.39, 0.29) is 0 Å². The van der Waals surface area contributed by atoms with Crippen molar-refractivity contribution in [3.05, 3.63) is 29.3 Å². The smallest absolute Gasteiger partial charge is 0.401 e. The quantitative estimate of drug-likeness (QED) is 0.919. The summed E-state index contributed by atoms with van der Waals surface area (Å²) in [5.41, 5.74) is 0.701. The molecular weight excluding hydrogens is 305 g/mol. The molecule has 0 bridgehead atoms. The van der Waals surface area contributed by atoms with Crippen LogP contribution in [0.15, 0.2) is 24.3 Å². The first-order chi connectivity index (χ1) is 9.76. The molecule has 0 saturated heterocycles. The monoisotopic (exact) mass is 318 g/mol. The second kappa shape index (κ2) is 5.98. The van der Waals surface area contributed by atoms with Gasteiger partial charge < -0.3 is 5.11 Å². The van der Waals surface area contributed by atoms with Crippen molar-refractivity contribution in [2.45, 2.75) is 19.1 Å². The van der Waals surface area contributed by atoms with Crippen LogP contribution in [-0.4, -0.2) is 40.2 Å². The number of thiazole rings is 1. The molecule has 1 aromatic heterocycles. The van der Waals surface area contributed by atoms with E-state index in [2.05, 4.69) is 4.98 Å². The van der Waals surface area contributed by atoms with Gasteiger partial charge in [-0.1, -0.05) is 12.1 Å². The molecule has 1 unspecified atom stereocenters. The number of hydrogen-bond donors (Lipinski definition) is 1. The Hall–Kier alpha value is -1.67. The van der Waals surface area contributed by atoms with Gasteiger partial charge in [0.15, 0.2) is 0 Å². The molecule has 0 amide bonds. The molecule has 1 N–H and O–H groups in total. The predicted octanol–water partition coefficient (Wildman–Crippen LogP) is 3.31.